The Balaban J connectivity index is 1.54. The van der Waals surface area contributed by atoms with Crippen molar-refractivity contribution in [3.05, 3.63) is 66.7 Å². The van der Waals surface area contributed by atoms with Crippen LogP contribution in [0.3, 0.4) is 0 Å². The van der Waals surface area contributed by atoms with Gasteiger partial charge in [0.1, 0.15) is 5.82 Å². The predicted molar refractivity (Wildman–Crippen MR) is 126 cm³/mol. The fourth-order valence-electron chi connectivity index (χ4n) is 4.30. The van der Waals surface area contributed by atoms with Gasteiger partial charge < -0.3 is 10.2 Å². The highest BCUT2D eigenvalue weighted by Crippen LogP contribution is 2.26. The summed E-state index contributed by atoms with van der Waals surface area (Å²) in [5.41, 5.74) is 2.60. The van der Waals surface area contributed by atoms with E-state index >= 15 is 0 Å². The van der Waals surface area contributed by atoms with E-state index < -0.39 is 0 Å². The standard InChI is InChI=1S/C26H30N4O2/c1-2-29(26(32)21-14-8-4-9-15-21)19-25(31)27-24-18-23(20-12-6-3-7-13-20)28-30(24)22-16-10-5-11-17-22/h3,5-7,10-13,16-18,21H,2,4,8-9,14-15,19H2,1H3,(H,27,31). The number of carbonyl (C=O) groups excluding carboxylic acids is 2. The zero-order valence-corrected chi connectivity index (χ0v) is 18.5. The number of aromatic nitrogens is 2. The van der Waals surface area contributed by atoms with Crippen molar-refractivity contribution in [2.75, 3.05) is 18.4 Å². The Morgan fingerprint density at radius 1 is 1.00 bits per heavy atom. The van der Waals surface area contributed by atoms with Crippen molar-refractivity contribution in [3.8, 4) is 16.9 Å². The van der Waals surface area contributed by atoms with Crippen LogP contribution in [0.4, 0.5) is 5.82 Å². The van der Waals surface area contributed by atoms with Crippen molar-refractivity contribution in [3.63, 3.8) is 0 Å². The minimum atomic E-state index is -0.215. The van der Waals surface area contributed by atoms with Crippen LogP contribution in [0.5, 0.6) is 0 Å². The molecule has 2 amide bonds. The molecular formula is C26H30N4O2. The molecule has 0 spiro atoms. The Morgan fingerprint density at radius 2 is 1.66 bits per heavy atom. The summed E-state index contributed by atoms with van der Waals surface area (Å²) < 4.78 is 1.74. The third-order valence-corrected chi connectivity index (χ3v) is 6.03. The van der Waals surface area contributed by atoms with Crippen molar-refractivity contribution in [1.29, 1.82) is 0 Å². The summed E-state index contributed by atoms with van der Waals surface area (Å²) in [4.78, 5) is 27.5. The Labute approximate surface area is 189 Å². The number of amides is 2. The van der Waals surface area contributed by atoms with Gasteiger partial charge in [0.2, 0.25) is 11.8 Å². The molecule has 166 valence electrons. The molecule has 1 saturated carbocycles. The van der Waals surface area contributed by atoms with Crippen molar-refractivity contribution in [2.45, 2.75) is 39.0 Å². The van der Waals surface area contributed by atoms with Crippen molar-refractivity contribution >= 4 is 17.6 Å². The van der Waals surface area contributed by atoms with Crippen LogP contribution in [0.15, 0.2) is 66.7 Å². The highest BCUT2D eigenvalue weighted by atomic mass is 16.2. The first kappa shape index (κ1) is 21.8. The van der Waals surface area contributed by atoms with Gasteiger partial charge in [-0.05, 0) is 31.9 Å². The van der Waals surface area contributed by atoms with Gasteiger partial charge in [0.15, 0.2) is 0 Å². The van der Waals surface area contributed by atoms with Crippen LogP contribution in [-0.4, -0.2) is 39.6 Å². The van der Waals surface area contributed by atoms with Crippen LogP contribution >= 0.6 is 0 Å². The van der Waals surface area contributed by atoms with Gasteiger partial charge in [-0.3, -0.25) is 9.59 Å². The van der Waals surface area contributed by atoms with Crippen molar-refractivity contribution in [1.82, 2.24) is 14.7 Å². The first-order valence-electron chi connectivity index (χ1n) is 11.4. The van der Waals surface area contributed by atoms with Crippen LogP contribution in [0.1, 0.15) is 39.0 Å². The van der Waals surface area contributed by atoms with Crippen molar-refractivity contribution in [2.24, 2.45) is 5.92 Å². The maximum Gasteiger partial charge on any atom is 0.245 e. The van der Waals surface area contributed by atoms with E-state index in [0.29, 0.717) is 12.4 Å². The number of nitrogens with zero attached hydrogens (tertiary/aromatic N) is 3. The average Bonchev–Trinajstić information content (AvgIpc) is 3.27. The molecule has 6 nitrogen and oxygen atoms in total. The number of rotatable bonds is 7. The maximum absolute atomic E-state index is 13.0. The second kappa shape index (κ2) is 10.3. The minimum absolute atomic E-state index is 0.0481. The molecular weight excluding hydrogens is 400 g/mol. The van der Waals surface area contributed by atoms with Gasteiger partial charge in [-0.25, -0.2) is 4.68 Å². The van der Waals surface area contributed by atoms with Crippen LogP contribution in [0.2, 0.25) is 0 Å². The summed E-state index contributed by atoms with van der Waals surface area (Å²) in [6, 6.07) is 21.5. The first-order valence-corrected chi connectivity index (χ1v) is 11.4. The lowest BCUT2D eigenvalue weighted by Gasteiger charge is -2.28. The van der Waals surface area contributed by atoms with E-state index in [1.54, 1.807) is 9.58 Å². The molecule has 0 radical (unpaired) electrons. The molecule has 0 unspecified atom stereocenters. The molecule has 1 aliphatic rings. The lowest BCUT2D eigenvalue weighted by atomic mass is 9.88. The Bertz CT molecular complexity index is 1040. The predicted octanol–water partition coefficient (Wildman–Crippen LogP) is 4.91. The largest absolute Gasteiger partial charge is 0.333 e. The third-order valence-electron chi connectivity index (χ3n) is 6.03. The van der Waals surface area contributed by atoms with Gasteiger partial charge >= 0.3 is 0 Å². The first-order chi connectivity index (χ1) is 15.7. The molecule has 32 heavy (non-hydrogen) atoms. The lowest BCUT2D eigenvalue weighted by molar-refractivity contribution is -0.139. The molecule has 0 aliphatic heterocycles. The Hall–Kier alpha value is -3.41. The van der Waals surface area contributed by atoms with Gasteiger partial charge in [0.05, 0.1) is 17.9 Å². The number of hydrogen-bond donors (Lipinski definition) is 1. The molecule has 0 bridgehead atoms. The number of anilines is 1. The summed E-state index contributed by atoms with van der Waals surface area (Å²) in [5, 5.41) is 7.72. The maximum atomic E-state index is 13.0. The van der Waals surface area contributed by atoms with Gasteiger partial charge in [-0.1, -0.05) is 67.8 Å². The topological polar surface area (TPSA) is 67.2 Å². The van der Waals surface area contributed by atoms with E-state index in [2.05, 4.69) is 5.32 Å². The fraction of sp³-hybridized carbons (Fsp3) is 0.346. The monoisotopic (exact) mass is 430 g/mol. The van der Waals surface area contributed by atoms with Gasteiger partial charge in [-0.15, -0.1) is 0 Å². The van der Waals surface area contributed by atoms with Crippen molar-refractivity contribution < 1.29 is 9.59 Å². The van der Waals surface area contributed by atoms with Crippen LogP contribution in [-0.2, 0) is 9.59 Å². The summed E-state index contributed by atoms with van der Waals surface area (Å²) in [7, 11) is 0. The van der Waals surface area contributed by atoms with Gasteiger partial charge in [-0.2, -0.15) is 5.10 Å². The number of hydrogen-bond acceptors (Lipinski definition) is 3. The molecule has 1 aliphatic carbocycles. The molecule has 2 aromatic carbocycles. The van der Waals surface area contributed by atoms with E-state index in [1.165, 1.54) is 6.42 Å². The molecule has 3 aromatic rings. The normalized spacial score (nSPS) is 14.2. The molecule has 0 atom stereocenters. The summed E-state index contributed by atoms with van der Waals surface area (Å²) in [6.45, 7) is 2.50. The van der Waals surface area contributed by atoms with Crippen LogP contribution in [0, 0.1) is 5.92 Å². The van der Waals surface area contributed by atoms with E-state index in [-0.39, 0.29) is 24.3 Å². The molecule has 1 aromatic heterocycles. The van der Waals surface area contributed by atoms with E-state index in [1.807, 2.05) is 73.7 Å². The number of para-hydroxylation sites is 1. The smallest absolute Gasteiger partial charge is 0.245 e. The summed E-state index contributed by atoms with van der Waals surface area (Å²) >= 11 is 0. The fourth-order valence-corrected chi connectivity index (χ4v) is 4.30. The molecule has 1 heterocycles. The molecule has 1 N–H and O–H groups in total. The number of carbonyl (C=O) groups is 2. The molecule has 4 rings (SSSR count). The Morgan fingerprint density at radius 3 is 2.31 bits per heavy atom. The van der Waals surface area contributed by atoms with E-state index in [9.17, 15) is 9.59 Å². The van der Waals surface area contributed by atoms with Crippen LogP contribution in [0.25, 0.3) is 16.9 Å². The second-order valence-electron chi connectivity index (χ2n) is 8.26. The highest BCUT2D eigenvalue weighted by Gasteiger charge is 2.26. The minimum Gasteiger partial charge on any atom is -0.333 e. The quantitative estimate of drug-likeness (QED) is 0.579. The molecule has 0 saturated heterocycles. The van der Waals surface area contributed by atoms with E-state index in [0.717, 1.165) is 42.6 Å². The SMILES string of the molecule is CCN(CC(=O)Nc1cc(-c2ccccc2)nn1-c1ccccc1)C(=O)C1CCCCC1. The van der Waals surface area contributed by atoms with Gasteiger partial charge in [0, 0.05) is 24.1 Å². The van der Waals surface area contributed by atoms with Crippen LogP contribution < -0.4 is 5.32 Å². The second-order valence-corrected chi connectivity index (χ2v) is 8.26. The van der Waals surface area contributed by atoms with E-state index in [4.69, 9.17) is 5.10 Å². The summed E-state index contributed by atoms with van der Waals surface area (Å²) in [6.07, 6.45) is 5.25. The zero-order valence-electron chi connectivity index (χ0n) is 18.5. The third kappa shape index (κ3) is 5.07. The Kier molecular flexibility index (Phi) is 7.00. The number of nitrogens with one attached hydrogen (secondary N) is 1. The molecule has 1 fully saturated rings. The lowest BCUT2D eigenvalue weighted by Crippen LogP contribution is -2.41. The molecule has 6 heteroatoms. The highest BCUT2D eigenvalue weighted by molar-refractivity contribution is 5.95. The van der Waals surface area contributed by atoms with Gasteiger partial charge in [0.25, 0.3) is 0 Å². The average molecular weight is 431 g/mol. The summed E-state index contributed by atoms with van der Waals surface area (Å²) in [5.74, 6) is 0.522. The number of likely N-dealkylation sites (N-methyl/N-ethyl adjacent to an activating group) is 1. The number of benzene rings is 2. The zero-order chi connectivity index (χ0) is 22.3.